The zero-order chi connectivity index (χ0) is 16.6. The van der Waals surface area contributed by atoms with E-state index >= 15 is 0 Å². The van der Waals surface area contributed by atoms with Crippen molar-refractivity contribution in [2.45, 2.75) is 77.1 Å². The van der Waals surface area contributed by atoms with Crippen molar-refractivity contribution in [2.24, 2.45) is 23.0 Å². The molecule has 0 radical (unpaired) electrons. The molecule has 5 aliphatic rings. The van der Waals surface area contributed by atoms with E-state index in [1.165, 1.54) is 6.42 Å². The maximum absolute atomic E-state index is 12.4. The Morgan fingerprint density at radius 3 is 2.74 bits per heavy atom. The molecule has 0 aromatic rings. The minimum absolute atomic E-state index is 0.0179. The van der Waals surface area contributed by atoms with Crippen molar-refractivity contribution in [3.05, 3.63) is 0 Å². The molecule has 2 bridgehead atoms. The number of nitrogens with zero attached hydrogens (tertiary/aromatic N) is 1. The van der Waals surface area contributed by atoms with E-state index < -0.39 is 6.04 Å². The summed E-state index contributed by atoms with van der Waals surface area (Å²) in [4.78, 5) is 14.3. The van der Waals surface area contributed by atoms with Crippen molar-refractivity contribution < 1.29 is 14.1 Å². The minimum Gasteiger partial charge on any atom is -0.404 e. The lowest BCUT2D eigenvalue weighted by Crippen LogP contribution is -2.65. The van der Waals surface area contributed by atoms with Gasteiger partial charge in [0.2, 0.25) is 5.91 Å². The Labute approximate surface area is 139 Å². The first-order chi connectivity index (χ1) is 10.7. The average molecular weight is 320 g/mol. The molecule has 1 amide bonds. The molecule has 2 saturated heterocycles. The third-order valence-corrected chi connectivity index (χ3v) is 7.25. The van der Waals surface area contributed by atoms with Crippen LogP contribution in [0.2, 0.25) is 0 Å². The first kappa shape index (κ1) is 15.9. The molecule has 5 rings (SSSR count). The largest absolute Gasteiger partial charge is 0.481 e. The Bertz CT molecular complexity index is 526. The van der Waals surface area contributed by atoms with E-state index in [0.29, 0.717) is 11.3 Å². The van der Waals surface area contributed by atoms with E-state index in [-0.39, 0.29) is 30.7 Å². The first-order valence-corrected chi connectivity index (χ1v) is 9.14. The van der Waals surface area contributed by atoms with Crippen molar-refractivity contribution in [3.8, 4) is 0 Å². The lowest BCUT2D eigenvalue weighted by Gasteiger charge is -2.64. The van der Waals surface area contributed by atoms with Gasteiger partial charge < -0.3 is 19.9 Å². The van der Waals surface area contributed by atoms with E-state index in [1.54, 1.807) is 6.92 Å². The number of nitrogens with two attached hydrogens (primary N) is 1. The molecule has 3 aliphatic carbocycles. The van der Waals surface area contributed by atoms with E-state index in [4.69, 9.17) is 15.0 Å². The Morgan fingerprint density at radius 1 is 1.35 bits per heavy atom. The van der Waals surface area contributed by atoms with Crippen LogP contribution >= 0.6 is 0 Å². The van der Waals surface area contributed by atoms with Crippen LogP contribution in [0, 0.1) is 17.3 Å². The second-order valence-electron chi connectivity index (χ2n) is 8.87. The molecule has 5 fully saturated rings. The summed E-state index contributed by atoms with van der Waals surface area (Å²) in [7, 11) is -0.287. The van der Waals surface area contributed by atoms with E-state index in [9.17, 15) is 4.79 Å². The van der Waals surface area contributed by atoms with Crippen molar-refractivity contribution >= 4 is 13.0 Å². The van der Waals surface area contributed by atoms with Gasteiger partial charge in [-0.05, 0) is 56.8 Å². The monoisotopic (exact) mass is 320 g/mol. The van der Waals surface area contributed by atoms with Gasteiger partial charge in [0.05, 0.1) is 23.7 Å². The highest BCUT2D eigenvalue weighted by molar-refractivity contribution is 6.48. The molecular formula is C17H29BN2O3. The summed E-state index contributed by atoms with van der Waals surface area (Å²) in [5.74, 6) is 1.35. The number of hydrogen-bond acceptors (Lipinski definition) is 4. The molecule has 0 aromatic heterocycles. The summed E-state index contributed by atoms with van der Waals surface area (Å²) in [6, 6.07) is -0.457. The van der Waals surface area contributed by atoms with E-state index in [2.05, 4.69) is 20.8 Å². The molecule has 6 atom stereocenters. The van der Waals surface area contributed by atoms with Gasteiger partial charge in [0.25, 0.3) is 0 Å². The van der Waals surface area contributed by atoms with Crippen LogP contribution in [0.1, 0.15) is 53.4 Å². The summed E-state index contributed by atoms with van der Waals surface area (Å²) in [5, 5.41) is 0. The van der Waals surface area contributed by atoms with Crippen LogP contribution in [0.5, 0.6) is 0 Å². The Kier molecular flexibility index (Phi) is 3.43. The summed E-state index contributed by atoms with van der Waals surface area (Å²) in [5.41, 5.74) is 5.96. The molecule has 2 heterocycles. The fourth-order valence-electron chi connectivity index (χ4n) is 5.67. The second-order valence-corrected chi connectivity index (χ2v) is 8.87. The molecule has 6 heteroatoms. The maximum Gasteiger partial charge on any atom is 0.481 e. The Balaban J connectivity index is 1.53. The molecule has 2 unspecified atom stereocenters. The summed E-state index contributed by atoms with van der Waals surface area (Å²) >= 11 is 0. The van der Waals surface area contributed by atoms with Gasteiger partial charge in [-0.15, -0.1) is 0 Å². The molecule has 2 N–H and O–H groups in total. The van der Waals surface area contributed by atoms with Crippen LogP contribution in [-0.2, 0) is 14.1 Å². The van der Waals surface area contributed by atoms with Crippen LogP contribution in [0.15, 0.2) is 0 Å². The lowest BCUT2D eigenvalue weighted by atomic mass is 9.43. The number of rotatable bonds is 2. The Hall–Kier alpha value is -0.585. The summed E-state index contributed by atoms with van der Waals surface area (Å²) < 4.78 is 12.9. The van der Waals surface area contributed by atoms with Gasteiger partial charge in [0, 0.05) is 6.54 Å². The zero-order valence-electron chi connectivity index (χ0n) is 14.7. The normalized spacial score (nSPS) is 45.6. The maximum atomic E-state index is 12.4. The predicted octanol–water partition coefficient (Wildman–Crippen LogP) is 1.59. The number of likely N-dealkylation sites (tertiary alicyclic amines) is 1. The van der Waals surface area contributed by atoms with Gasteiger partial charge in [-0.3, -0.25) is 4.79 Å². The van der Waals surface area contributed by atoms with Gasteiger partial charge in [-0.2, -0.15) is 0 Å². The van der Waals surface area contributed by atoms with Gasteiger partial charge in [0.15, 0.2) is 0 Å². The minimum atomic E-state index is -0.457. The molecule has 128 valence electrons. The van der Waals surface area contributed by atoms with Crippen LogP contribution in [0.25, 0.3) is 0 Å². The van der Waals surface area contributed by atoms with Crippen molar-refractivity contribution in [2.75, 3.05) is 6.54 Å². The molecule has 0 aromatic carbocycles. The van der Waals surface area contributed by atoms with Crippen LogP contribution in [0.3, 0.4) is 0 Å². The lowest BCUT2D eigenvalue weighted by molar-refractivity contribution is -0.199. The van der Waals surface area contributed by atoms with Gasteiger partial charge in [0.1, 0.15) is 0 Å². The van der Waals surface area contributed by atoms with Crippen LogP contribution < -0.4 is 5.73 Å². The highest BCUT2D eigenvalue weighted by Gasteiger charge is 2.69. The highest BCUT2D eigenvalue weighted by Crippen LogP contribution is 2.65. The molecule has 0 spiro atoms. The number of hydrogen-bond donors (Lipinski definition) is 1. The summed E-state index contributed by atoms with van der Waals surface area (Å²) in [6.45, 7) is 9.49. The number of amides is 1. The van der Waals surface area contributed by atoms with Crippen molar-refractivity contribution in [1.29, 1.82) is 0 Å². The van der Waals surface area contributed by atoms with Crippen molar-refractivity contribution in [3.63, 3.8) is 0 Å². The smallest absolute Gasteiger partial charge is 0.404 e. The zero-order valence-corrected chi connectivity index (χ0v) is 14.7. The molecule has 3 saturated carbocycles. The fourth-order valence-corrected chi connectivity index (χ4v) is 5.67. The topological polar surface area (TPSA) is 64.8 Å². The molecule has 5 nitrogen and oxygen atoms in total. The SMILES string of the molecule is C[C@@H](N)C(=O)N1CCCC1B1OC2C[C@@H]3C[C@@H](C3(C)C)[C@]2(C)O1. The number of carbonyl (C=O) groups excluding carboxylic acids is 1. The van der Waals surface area contributed by atoms with E-state index in [1.807, 2.05) is 4.90 Å². The third-order valence-electron chi connectivity index (χ3n) is 7.25. The van der Waals surface area contributed by atoms with Crippen molar-refractivity contribution in [1.82, 2.24) is 4.90 Å². The fraction of sp³-hybridized carbons (Fsp3) is 0.941. The highest BCUT2D eigenvalue weighted by atomic mass is 16.7. The van der Waals surface area contributed by atoms with Gasteiger partial charge in [-0.1, -0.05) is 13.8 Å². The predicted molar refractivity (Wildman–Crippen MR) is 88.5 cm³/mol. The van der Waals surface area contributed by atoms with E-state index in [0.717, 1.165) is 31.7 Å². The third kappa shape index (κ3) is 2.07. The van der Waals surface area contributed by atoms with Gasteiger partial charge >= 0.3 is 7.12 Å². The van der Waals surface area contributed by atoms with Gasteiger partial charge in [-0.25, -0.2) is 0 Å². The quantitative estimate of drug-likeness (QED) is 0.785. The second kappa shape index (κ2) is 4.96. The first-order valence-electron chi connectivity index (χ1n) is 9.14. The van der Waals surface area contributed by atoms with Crippen LogP contribution in [-0.4, -0.2) is 48.2 Å². The Morgan fingerprint density at radius 2 is 2.09 bits per heavy atom. The number of carbonyl (C=O) groups is 1. The average Bonchev–Trinajstić information content (AvgIpc) is 3.08. The molecular weight excluding hydrogens is 291 g/mol. The standard InChI is InChI=1S/C17H29BN2O3/c1-10(19)15(21)20-7-5-6-14(20)18-22-13-9-11-8-12(16(11,2)3)17(13,4)23-18/h10-14H,5-9,19H2,1-4H3/t10-,11+,12+,13?,14?,17+/m1/s1. The summed E-state index contributed by atoms with van der Waals surface area (Å²) in [6.07, 6.45) is 4.47. The molecule has 2 aliphatic heterocycles. The van der Waals surface area contributed by atoms with Crippen LogP contribution in [0.4, 0.5) is 0 Å². The molecule has 23 heavy (non-hydrogen) atoms.